The second-order valence-electron chi connectivity index (χ2n) is 5.99. The summed E-state index contributed by atoms with van der Waals surface area (Å²) in [5.74, 6) is -0.920. The van der Waals surface area contributed by atoms with Crippen LogP contribution in [0.5, 0.6) is 0 Å². The Kier molecular flexibility index (Phi) is 4.47. The smallest absolute Gasteiger partial charge is 0.309 e. The minimum absolute atomic E-state index is 0.229. The zero-order valence-electron chi connectivity index (χ0n) is 13.7. The van der Waals surface area contributed by atoms with Gasteiger partial charge in [-0.2, -0.15) is 0 Å². The molecule has 2 aromatic carbocycles. The third-order valence-corrected chi connectivity index (χ3v) is 3.90. The zero-order valence-corrected chi connectivity index (χ0v) is 13.7. The molecule has 24 heavy (non-hydrogen) atoms. The molecule has 4 heteroatoms. The SMILES string of the molecule is CC(C)C(=O)O[C@H](C(=O)c1c[nH]c2ccccc12)c1ccccc1. The van der Waals surface area contributed by atoms with Crippen molar-refractivity contribution >= 4 is 22.7 Å². The maximum absolute atomic E-state index is 13.1. The highest BCUT2D eigenvalue weighted by atomic mass is 16.5. The summed E-state index contributed by atoms with van der Waals surface area (Å²) in [6.45, 7) is 3.50. The predicted molar refractivity (Wildman–Crippen MR) is 92.7 cm³/mol. The highest BCUT2D eigenvalue weighted by molar-refractivity contribution is 6.10. The molecule has 0 aliphatic heterocycles. The van der Waals surface area contributed by atoms with Gasteiger partial charge in [0, 0.05) is 28.2 Å². The van der Waals surface area contributed by atoms with Crippen LogP contribution in [-0.4, -0.2) is 16.7 Å². The van der Waals surface area contributed by atoms with E-state index in [1.54, 1.807) is 32.2 Å². The Hall–Kier alpha value is -2.88. The monoisotopic (exact) mass is 321 g/mol. The van der Waals surface area contributed by atoms with Crippen molar-refractivity contribution in [3.8, 4) is 0 Å². The summed E-state index contributed by atoms with van der Waals surface area (Å²) in [6.07, 6.45) is 0.729. The summed E-state index contributed by atoms with van der Waals surface area (Å²) in [7, 11) is 0. The number of ketones is 1. The lowest BCUT2D eigenvalue weighted by atomic mass is 9.99. The van der Waals surface area contributed by atoms with Gasteiger partial charge in [0.1, 0.15) is 0 Å². The number of rotatable bonds is 5. The second kappa shape index (κ2) is 6.71. The molecule has 0 aliphatic rings. The molecule has 122 valence electrons. The van der Waals surface area contributed by atoms with Crippen LogP contribution in [0.15, 0.2) is 60.8 Å². The number of carbonyl (C=O) groups excluding carboxylic acids is 2. The normalized spacial score (nSPS) is 12.3. The van der Waals surface area contributed by atoms with E-state index in [1.807, 2.05) is 42.5 Å². The van der Waals surface area contributed by atoms with Gasteiger partial charge in [-0.05, 0) is 6.07 Å². The number of hydrogen-bond acceptors (Lipinski definition) is 3. The number of benzene rings is 2. The third kappa shape index (κ3) is 3.08. The second-order valence-corrected chi connectivity index (χ2v) is 5.99. The molecule has 1 heterocycles. The first-order valence-electron chi connectivity index (χ1n) is 7.93. The van der Waals surface area contributed by atoms with E-state index in [0.29, 0.717) is 11.1 Å². The first-order valence-corrected chi connectivity index (χ1v) is 7.93. The van der Waals surface area contributed by atoms with E-state index in [4.69, 9.17) is 4.74 Å². The summed E-state index contributed by atoms with van der Waals surface area (Å²) in [5, 5.41) is 0.823. The van der Waals surface area contributed by atoms with Crippen molar-refractivity contribution in [3.63, 3.8) is 0 Å². The Morgan fingerprint density at radius 2 is 1.62 bits per heavy atom. The summed E-state index contributed by atoms with van der Waals surface area (Å²) >= 11 is 0. The van der Waals surface area contributed by atoms with E-state index in [0.717, 1.165) is 10.9 Å². The molecule has 3 aromatic rings. The number of H-pyrrole nitrogens is 1. The van der Waals surface area contributed by atoms with Crippen LogP contribution in [0.2, 0.25) is 0 Å². The molecule has 0 aliphatic carbocycles. The molecule has 0 radical (unpaired) electrons. The molecular formula is C20H19NO3. The van der Waals surface area contributed by atoms with Gasteiger partial charge in [0.25, 0.3) is 0 Å². The number of fused-ring (bicyclic) bond motifs is 1. The maximum atomic E-state index is 13.1. The fraction of sp³-hybridized carbons (Fsp3) is 0.200. The number of aromatic nitrogens is 1. The van der Waals surface area contributed by atoms with Crippen molar-refractivity contribution in [1.29, 1.82) is 0 Å². The molecule has 0 bridgehead atoms. The Bertz CT molecular complexity index is 865. The molecule has 1 N–H and O–H groups in total. The van der Waals surface area contributed by atoms with Crippen molar-refractivity contribution in [2.24, 2.45) is 5.92 Å². The zero-order chi connectivity index (χ0) is 17.1. The first-order chi connectivity index (χ1) is 11.6. The van der Waals surface area contributed by atoms with Crippen molar-refractivity contribution < 1.29 is 14.3 Å². The minimum atomic E-state index is -0.944. The van der Waals surface area contributed by atoms with Gasteiger partial charge in [-0.15, -0.1) is 0 Å². The van der Waals surface area contributed by atoms with Crippen LogP contribution < -0.4 is 0 Å². The van der Waals surface area contributed by atoms with Gasteiger partial charge in [0.2, 0.25) is 5.78 Å². The van der Waals surface area contributed by atoms with Crippen LogP contribution in [0.1, 0.15) is 35.9 Å². The van der Waals surface area contributed by atoms with Gasteiger partial charge in [-0.3, -0.25) is 9.59 Å². The van der Waals surface area contributed by atoms with Crippen LogP contribution in [-0.2, 0) is 9.53 Å². The van der Waals surface area contributed by atoms with Gasteiger partial charge in [0.05, 0.1) is 5.92 Å². The molecule has 1 atom stereocenters. The van der Waals surface area contributed by atoms with Crippen LogP contribution in [0.3, 0.4) is 0 Å². The molecule has 0 unspecified atom stereocenters. The highest BCUT2D eigenvalue weighted by Gasteiger charge is 2.28. The molecule has 4 nitrogen and oxygen atoms in total. The fourth-order valence-corrected chi connectivity index (χ4v) is 2.57. The lowest BCUT2D eigenvalue weighted by Gasteiger charge is -2.18. The van der Waals surface area contributed by atoms with E-state index in [9.17, 15) is 9.59 Å². The van der Waals surface area contributed by atoms with Gasteiger partial charge in [-0.25, -0.2) is 0 Å². The molecule has 1 aromatic heterocycles. The lowest BCUT2D eigenvalue weighted by Crippen LogP contribution is -2.22. The predicted octanol–water partition coefficient (Wildman–Crippen LogP) is 4.29. The average Bonchev–Trinajstić information content (AvgIpc) is 3.03. The Balaban J connectivity index is 2.01. The standard InChI is InChI=1S/C20H19NO3/c1-13(2)20(23)24-19(14-8-4-3-5-9-14)18(22)16-12-21-17-11-7-6-10-15(16)17/h3-13,19,21H,1-2H3/t19-/m0/s1. The molecule has 0 saturated heterocycles. The number of ether oxygens (including phenoxy) is 1. The number of esters is 1. The van der Waals surface area contributed by atoms with E-state index in [-0.39, 0.29) is 11.7 Å². The van der Waals surface area contributed by atoms with Crippen LogP contribution in [0, 0.1) is 5.92 Å². The topological polar surface area (TPSA) is 59.2 Å². The van der Waals surface area contributed by atoms with E-state index < -0.39 is 12.1 Å². The highest BCUT2D eigenvalue weighted by Crippen LogP contribution is 2.27. The number of Topliss-reactive ketones (excluding diaryl/α,β-unsaturated/α-hetero) is 1. The Labute approximate surface area is 140 Å². The van der Waals surface area contributed by atoms with Crippen molar-refractivity contribution in [2.45, 2.75) is 20.0 Å². The van der Waals surface area contributed by atoms with Crippen LogP contribution in [0.4, 0.5) is 0 Å². The van der Waals surface area contributed by atoms with Gasteiger partial charge < -0.3 is 9.72 Å². The summed E-state index contributed by atoms with van der Waals surface area (Å²) in [5.41, 5.74) is 2.07. The van der Waals surface area contributed by atoms with E-state index >= 15 is 0 Å². The average molecular weight is 321 g/mol. The van der Waals surface area contributed by atoms with Crippen LogP contribution >= 0.6 is 0 Å². The molecule has 0 amide bonds. The Morgan fingerprint density at radius 3 is 2.33 bits per heavy atom. The number of aromatic amines is 1. The van der Waals surface area contributed by atoms with Gasteiger partial charge in [-0.1, -0.05) is 62.4 Å². The number of para-hydroxylation sites is 1. The molecule has 0 saturated carbocycles. The van der Waals surface area contributed by atoms with E-state index in [1.165, 1.54) is 0 Å². The Morgan fingerprint density at radius 1 is 0.958 bits per heavy atom. The molecule has 0 spiro atoms. The maximum Gasteiger partial charge on any atom is 0.309 e. The van der Waals surface area contributed by atoms with E-state index in [2.05, 4.69) is 4.98 Å². The third-order valence-electron chi connectivity index (χ3n) is 3.90. The summed E-state index contributed by atoms with van der Waals surface area (Å²) < 4.78 is 5.53. The molecule has 0 fully saturated rings. The van der Waals surface area contributed by atoms with Gasteiger partial charge in [0.15, 0.2) is 6.10 Å². The summed E-state index contributed by atoms with van der Waals surface area (Å²) in [6, 6.07) is 16.7. The number of nitrogens with one attached hydrogen (secondary N) is 1. The largest absolute Gasteiger partial charge is 0.449 e. The lowest BCUT2D eigenvalue weighted by molar-refractivity contribution is -0.151. The first kappa shape index (κ1) is 16.0. The number of hydrogen-bond donors (Lipinski definition) is 1. The number of carbonyl (C=O) groups is 2. The van der Waals surface area contributed by atoms with Crippen molar-refractivity contribution in [3.05, 3.63) is 71.9 Å². The van der Waals surface area contributed by atoms with Crippen LogP contribution in [0.25, 0.3) is 10.9 Å². The minimum Gasteiger partial charge on any atom is -0.449 e. The summed E-state index contributed by atoms with van der Waals surface area (Å²) in [4.78, 5) is 28.3. The van der Waals surface area contributed by atoms with Gasteiger partial charge >= 0.3 is 5.97 Å². The fourth-order valence-electron chi connectivity index (χ4n) is 2.57. The van der Waals surface area contributed by atoms with Crippen molar-refractivity contribution in [1.82, 2.24) is 4.98 Å². The quantitative estimate of drug-likeness (QED) is 0.563. The molecular weight excluding hydrogens is 302 g/mol. The molecule has 3 rings (SSSR count). The van der Waals surface area contributed by atoms with Crippen molar-refractivity contribution in [2.75, 3.05) is 0 Å².